The zero-order chi connectivity index (χ0) is 15.6. The second-order valence-electron chi connectivity index (χ2n) is 6.07. The number of carboxylic acids is 1. The van der Waals surface area contributed by atoms with Gasteiger partial charge in [-0.05, 0) is 5.92 Å². The third-order valence-electron chi connectivity index (χ3n) is 3.69. The molecule has 114 valence electrons. The first-order valence-corrected chi connectivity index (χ1v) is 6.95. The second kappa shape index (κ2) is 6.24. The van der Waals surface area contributed by atoms with Crippen LogP contribution in [0, 0.1) is 17.8 Å². The van der Waals surface area contributed by atoms with E-state index in [1.807, 2.05) is 13.8 Å². The molecule has 6 nitrogen and oxygen atoms in total. The van der Waals surface area contributed by atoms with Gasteiger partial charge in [-0.3, -0.25) is 9.59 Å². The average molecular weight is 284 g/mol. The van der Waals surface area contributed by atoms with Gasteiger partial charge in [0.05, 0.1) is 5.92 Å². The summed E-state index contributed by atoms with van der Waals surface area (Å²) >= 11 is 0. The van der Waals surface area contributed by atoms with E-state index in [1.165, 1.54) is 11.9 Å². The van der Waals surface area contributed by atoms with Crippen molar-refractivity contribution in [1.82, 2.24) is 9.80 Å². The molecule has 0 aromatic heterocycles. The Morgan fingerprint density at radius 1 is 1.15 bits per heavy atom. The number of carbonyl (C=O) groups excluding carboxylic acids is 2. The van der Waals surface area contributed by atoms with E-state index in [-0.39, 0.29) is 29.6 Å². The Balaban J connectivity index is 2.60. The van der Waals surface area contributed by atoms with Crippen molar-refractivity contribution in [3.63, 3.8) is 0 Å². The van der Waals surface area contributed by atoms with Crippen LogP contribution in [0.25, 0.3) is 0 Å². The standard InChI is InChI=1S/C14H24N2O4/c1-8(2)11(14(19)20)15(5)13(18)10-6-16(7-10)12(17)9(3)4/h8-11H,6-7H2,1-5H3,(H,19,20)/t11-/m0/s1. The van der Waals surface area contributed by atoms with Gasteiger partial charge in [0.2, 0.25) is 11.8 Å². The molecule has 0 spiro atoms. The summed E-state index contributed by atoms with van der Waals surface area (Å²) in [6.45, 7) is 7.98. The molecule has 0 unspecified atom stereocenters. The highest BCUT2D eigenvalue weighted by Gasteiger charge is 2.40. The van der Waals surface area contributed by atoms with E-state index >= 15 is 0 Å². The van der Waals surface area contributed by atoms with Gasteiger partial charge in [-0.25, -0.2) is 4.79 Å². The monoisotopic (exact) mass is 284 g/mol. The van der Waals surface area contributed by atoms with Crippen LogP contribution in [-0.2, 0) is 14.4 Å². The van der Waals surface area contributed by atoms with Crippen molar-refractivity contribution < 1.29 is 19.5 Å². The molecule has 0 aromatic rings. The van der Waals surface area contributed by atoms with Crippen molar-refractivity contribution in [3.05, 3.63) is 0 Å². The molecule has 1 saturated heterocycles. The number of likely N-dealkylation sites (tertiary alicyclic amines) is 1. The van der Waals surface area contributed by atoms with Gasteiger partial charge in [0.1, 0.15) is 6.04 Å². The molecule has 20 heavy (non-hydrogen) atoms. The van der Waals surface area contributed by atoms with E-state index in [0.717, 1.165) is 0 Å². The number of carboxylic acid groups (broad SMARTS) is 1. The molecular weight excluding hydrogens is 260 g/mol. The quantitative estimate of drug-likeness (QED) is 0.805. The summed E-state index contributed by atoms with van der Waals surface area (Å²) in [5, 5.41) is 9.19. The summed E-state index contributed by atoms with van der Waals surface area (Å²) in [4.78, 5) is 38.1. The molecule has 0 saturated carbocycles. The highest BCUT2D eigenvalue weighted by molar-refractivity contribution is 5.88. The molecule has 6 heteroatoms. The average Bonchev–Trinajstić information content (AvgIpc) is 2.25. The predicted octanol–water partition coefficient (Wildman–Crippen LogP) is 0.668. The van der Waals surface area contributed by atoms with Gasteiger partial charge in [-0.2, -0.15) is 0 Å². The number of amides is 2. The number of carbonyl (C=O) groups is 3. The molecule has 0 bridgehead atoms. The zero-order valence-electron chi connectivity index (χ0n) is 12.8. The minimum absolute atomic E-state index is 0.0374. The minimum Gasteiger partial charge on any atom is -0.480 e. The number of rotatable bonds is 5. The van der Waals surface area contributed by atoms with Gasteiger partial charge in [0.25, 0.3) is 0 Å². The lowest BCUT2D eigenvalue weighted by molar-refractivity contribution is -0.158. The van der Waals surface area contributed by atoms with E-state index in [2.05, 4.69) is 0 Å². The minimum atomic E-state index is -0.995. The normalized spacial score (nSPS) is 17.1. The van der Waals surface area contributed by atoms with Crippen LogP contribution in [0.5, 0.6) is 0 Å². The van der Waals surface area contributed by atoms with Crippen molar-refractivity contribution in [2.24, 2.45) is 17.8 Å². The number of likely N-dealkylation sites (N-methyl/N-ethyl adjacent to an activating group) is 1. The van der Waals surface area contributed by atoms with Crippen molar-refractivity contribution in [1.29, 1.82) is 0 Å². The summed E-state index contributed by atoms with van der Waals surface area (Å²) in [7, 11) is 1.52. The molecule has 2 amide bonds. The second-order valence-corrected chi connectivity index (χ2v) is 6.07. The van der Waals surface area contributed by atoms with Gasteiger partial charge in [-0.15, -0.1) is 0 Å². The molecule has 0 aromatic carbocycles. The molecule has 1 N–H and O–H groups in total. The Morgan fingerprint density at radius 3 is 2.00 bits per heavy atom. The number of nitrogens with zero attached hydrogens (tertiary/aromatic N) is 2. The summed E-state index contributed by atoms with van der Waals surface area (Å²) in [5.74, 6) is -1.66. The van der Waals surface area contributed by atoms with Crippen LogP contribution in [-0.4, -0.2) is 58.9 Å². The lowest BCUT2D eigenvalue weighted by Crippen LogP contribution is -2.59. The van der Waals surface area contributed by atoms with Crippen LogP contribution in [0.3, 0.4) is 0 Å². The first-order chi connectivity index (χ1) is 9.16. The van der Waals surface area contributed by atoms with Crippen LogP contribution < -0.4 is 0 Å². The van der Waals surface area contributed by atoms with Crippen LogP contribution in [0.2, 0.25) is 0 Å². The van der Waals surface area contributed by atoms with Crippen molar-refractivity contribution in [2.45, 2.75) is 33.7 Å². The maximum atomic E-state index is 12.2. The molecule has 0 radical (unpaired) electrons. The van der Waals surface area contributed by atoms with Gasteiger partial charge in [0.15, 0.2) is 0 Å². The van der Waals surface area contributed by atoms with E-state index in [4.69, 9.17) is 0 Å². The van der Waals surface area contributed by atoms with Crippen LogP contribution in [0.4, 0.5) is 0 Å². The van der Waals surface area contributed by atoms with E-state index in [0.29, 0.717) is 13.1 Å². The predicted molar refractivity (Wildman–Crippen MR) is 73.9 cm³/mol. The Kier molecular flexibility index (Phi) is 5.14. The zero-order valence-corrected chi connectivity index (χ0v) is 12.8. The van der Waals surface area contributed by atoms with Gasteiger partial charge < -0.3 is 14.9 Å². The summed E-state index contributed by atoms with van der Waals surface area (Å²) in [6, 6.07) is -0.822. The Hall–Kier alpha value is -1.59. The van der Waals surface area contributed by atoms with Gasteiger partial charge >= 0.3 is 5.97 Å². The summed E-state index contributed by atoms with van der Waals surface area (Å²) in [6.07, 6.45) is 0. The molecule has 0 aliphatic carbocycles. The van der Waals surface area contributed by atoms with Gasteiger partial charge in [0, 0.05) is 26.1 Å². The fraction of sp³-hybridized carbons (Fsp3) is 0.786. The van der Waals surface area contributed by atoms with Crippen molar-refractivity contribution in [3.8, 4) is 0 Å². The Morgan fingerprint density at radius 2 is 1.65 bits per heavy atom. The Labute approximate surface area is 119 Å². The summed E-state index contributed by atoms with van der Waals surface area (Å²) in [5.41, 5.74) is 0. The van der Waals surface area contributed by atoms with E-state index < -0.39 is 12.0 Å². The molecular formula is C14H24N2O4. The topological polar surface area (TPSA) is 77.9 Å². The van der Waals surface area contributed by atoms with E-state index in [9.17, 15) is 19.5 Å². The number of aliphatic carboxylic acids is 1. The largest absolute Gasteiger partial charge is 0.480 e. The molecule has 1 rings (SSSR count). The molecule has 1 fully saturated rings. The van der Waals surface area contributed by atoms with E-state index in [1.54, 1.807) is 18.7 Å². The SMILES string of the molecule is CC(C)C(=O)N1CC(C(=O)N(C)[C@H](C(=O)O)C(C)C)C1. The molecule has 1 heterocycles. The smallest absolute Gasteiger partial charge is 0.326 e. The maximum Gasteiger partial charge on any atom is 0.326 e. The van der Waals surface area contributed by atoms with Crippen LogP contribution >= 0.6 is 0 Å². The van der Waals surface area contributed by atoms with Crippen LogP contribution in [0.1, 0.15) is 27.7 Å². The Bertz CT molecular complexity index is 400. The van der Waals surface area contributed by atoms with Crippen molar-refractivity contribution in [2.75, 3.05) is 20.1 Å². The molecule has 1 aliphatic heterocycles. The maximum absolute atomic E-state index is 12.2. The van der Waals surface area contributed by atoms with Gasteiger partial charge in [-0.1, -0.05) is 27.7 Å². The number of hydrogen-bond acceptors (Lipinski definition) is 3. The molecule has 1 atom stereocenters. The third-order valence-corrected chi connectivity index (χ3v) is 3.69. The number of hydrogen-bond donors (Lipinski definition) is 1. The highest BCUT2D eigenvalue weighted by Crippen LogP contribution is 2.22. The fourth-order valence-corrected chi connectivity index (χ4v) is 2.50. The van der Waals surface area contributed by atoms with Crippen molar-refractivity contribution >= 4 is 17.8 Å². The highest BCUT2D eigenvalue weighted by atomic mass is 16.4. The van der Waals surface area contributed by atoms with Crippen LogP contribution in [0.15, 0.2) is 0 Å². The third kappa shape index (κ3) is 3.29. The lowest BCUT2D eigenvalue weighted by atomic mass is 9.94. The first kappa shape index (κ1) is 16.5. The lowest BCUT2D eigenvalue weighted by Gasteiger charge is -2.42. The first-order valence-electron chi connectivity index (χ1n) is 6.95. The molecule has 1 aliphatic rings. The summed E-state index contributed by atoms with van der Waals surface area (Å²) < 4.78 is 0. The fourth-order valence-electron chi connectivity index (χ4n) is 2.50.